The van der Waals surface area contributed by atoms with E-state index in [4.69, 9.17) is 0 Å². The van der Waals surface area contributed by atoms with Gasteiger partial charge in [0, 0.05) is 11.3 Å². The highest BCUT2D eigenvalue weighted by Crippen LogP contribution is 2.18. The monoisotopic (exact) mass is 279 g/mol. The van der Waals surface area contributed by atoms with Gasteiger partial charge in [-0.2, -0.15) is 5.10 Å². The summed E-state index contributed by atoms with van der Waals surface area (Å²) < 4.78 is 26.6. The minimum Gasteiger partial charge on any atom is -0.295 e. The molecule has 0 bridgehead atoms. The summed E-state index contributed by atoms with van der Waals surface area (Å²) in [4.78, 5) is 11.2. The number of carbonyl (C=O) groups is 1. The summed E-state index contributed by atoms with van der Waals surface area (Å²) in [5.74, 6) is -0.0694. The smallest absolute Gasteiger partial charge is 0.265 e. The van der Waals surface area contributed by atoms with Gasteiger partial charge in [-0.1, -0.05) is 0 Å². The highest BCUT2D eigenvalue weighted by atomic mass is 32.2. The first-order valence-electron chi connectivity index (χ1n) is 5.54. The minimum atomic E-state index is -3.66. The summed E-state index contributed by atoms with van der Waals surface area (Å²) in [5.41, 5.74) is 1.39. The number of aryl methyl sites for hydroxylation is 1. The van der Waals surface area contributed by atoms with E-state index in [2.05, 4.69) is 14.9 Å². The van der Waals surface area contributed by atoms with Gasteiger partial charge in [0.25, 0.3) is 10.0 Å². The van der Waals surface area contributed by atoms with E-state index in [1.165, 1.54) is 13.1 Å². The van der Waals surface area contributed by atoms with Gasteiger partial charge in [0.2, 0.25) is 0 Å². The number of aromatic amines is 1. The van der Waals surface area contributed by atoms with Crippen molar-refractivity contribution in [3.8, 4) is 0 Å². The summed E-state index contributed by atoms with van der Waals surface area (Å²) in [5, 5.41) is 6.25. The molecule has 0 spiro atoms. The van der Waals surface area contributed by atoms with Crippen molar-refractivity contribution in [1.29, 1.82) is 0 Å². The Morgan fingerprint density at radius 1 is 1.26 bits per heavy atom. The largest absolute Gasteiger partial charge is 0.295 e. The van der Waals surface area contributed by atoms with Crippen LogP contribution in [0.3, 0.4) is 0 Å². The third-order valence-corrected chi connectivity index (χ3v) is 4.11. The van der Waals surface area contributed by atoms with E-state index in [0.29, 0.717) is 16.9 Å². The number of nitrogens with one attached hydrogen (secondary N) is 2. The average Bonchev–Trinajstić information content (AvgIpc) is 2.76. The first-order chi connectivity index (χ1) is 8.90. The molecule has 0 radical (unpaired) electrons. The molecule has 1 aromatic heterocycles. The maximum absolute atomic E-state index is 12.1. The molecule has 0 atom stereocenters. The Morgan fingerprint density at radius 2 is 1.89 bits per heavy atom. The lowest BCUT2D eigenvalue weighted by Crippen LogP contribution is -2.13. The Morgan fingerprint density at radius 3 is 2.37 bits per heavy atom. The zero-order valence-corrected chi connectivity index (χ0v) is 11.3. The number of H-pyrrole nitrogens is 1. The number of carbonyl (C=O) groups excluding carboxylic acids is 1. The van der Waals surface area contributed by atoms with E-state index in [-0.39, 0.29) is 10.7 Å². The van der Waals surface area contributed by atoms with E-state index in [9.17, 15) is 13.2 Å². The van der Waals surface area contributed by atoms with Crippen molar-refractivity contribution in [3.05, 3.63) is 41.7 Å². The molecule has 0 aliphatic carbocycles. The Kier molecular flexibility index (Phi) is 3.39. The highest BCUT2D eigenvalue weighted by Gasteiger charge is 2.18. The van der Waals surface area contributed by atoms with Crippen LogP contribution in [-0.4, -0.2) is 24.4 Å². The van der Waals surface area contributed by atoms with Crippen LogP contribution in [0.2, 0.25) is 0 Å². The van der Waals surface area contributed by atoms with Gasteiger partial charge in [0.05, 0.1) is 11.9 Å². The van der Waals surface area contributed by atoms with Crippen LogP contribution in [0.1, 0.15) is 23.0 Å². The zero-order valence-electron chi connectivity index (χ0n) is 10.5. The van der Waals surface area contributed by atoms with Crippen LogP contribution in [0, 0.1) is 6.92 Å². The summed E-state index contributed by atoms with van der Waals surface area (Å²) in [6.45, 7) is 3.08. The van der Waals surface area contributed by atoms with Crippen LogP contribution in [0.25, 0.3) is 0 Å². The van der Waals surface area contributed by atoms with Crippen molar-refractivity contribution in [2.45, 2.75) is 18.7 Å². The first-order valence-corrected chi connectivity index (χ1v) is 7.02. The van der Waals surface area contributed by atoms with Crippen LogP contribution in [-0.2, 0) is 10.0 Å². The number of Topliss-reactive ketones (excluding diaryl/α,β-unsaturated/α-hetero) is 1. The van der Waals surface area contributed by atoms with E-state index in [1.54, 1.807) is 31.2 Å². The maximum atomic E-state index is 12.1. The summed E-state index contributed by atoms with van der Waals surface area (Å²) in [6.07, 6.45) is 1.25. The summed E-state index contributed by atoms with van der Waals surface area (Å²) in [6, 6.07) is 6.23. The average molecular weight is 279 g/mol. The fourth-order valence-corrected chi connectivity index (χ4v) is 2.79. The predicted octanol–water partition coefficient (Wildman–Crippen LogP) is 1.72. The van der Waals surface area contributed by atoms with Gasteiger partial charge in [-0.3, -0.25) is 14.6 Å². The lowest BCUT2D eigenvalue weighted by Gasteiger charge is -2.07. The van der Waals surface area contributed by atoms with Crippen LogP contribution in [0.4, 0.5) is 5.69 Å². The molecule has 7 heteroatoms. The molecule has 19 heavy (non-hydrogen) atoms. The number of aromatic nitrogens is 2. The molecule has 0 unspecified atom stereocenters. The number of nitrogens with zero attached hydrogens (tertiary/aromatic N) is 1. The van der Waals surface area contributed by atoms with Gasteiger partial charge in [-0.05, 0) is 38.1 Å². The standard InChI is InChI=1S/C12H13N3O3S/c1-8-12(7-13-14-8)19(17,18)15-11-5-3-10(4-6-11)9(2)16/h3-7,15H,1-2H3,(H,13,14). The minimum absolute atomic E-state index is 0.0694. The Labute approximate surface area is 110 Å². The van der Waals surface area contributed by atoms with E-state index < -0.39 is 10.0 Å². The fourth-order valence-electron chi connectivity index (χ4n) is 1.59. The second-order valence-electron chi connectivity index (χ2n) is 4.10. The van der Waals surface area contributed by atoms with Gasteiger partial charge < -0.3 is 0 Å². The molecule has 0 aliphatic rings. The SMILES string of the molecule is CC(=O)c1ccc(NS(=O)(=O)c2cn[nH]c2C)cc1. The fraction of sp³-hybridized carbons (Fsp3) is 0.167. The molecule has 2 rings (SSSR count). The molecular formula is C12H13N3O3S. The lowest BCUT2D eigenvalue weighted by molar-refractivity contribution is 0.101. The zero-order chi connectivity index (χ0) is 14.0. The second-order valence-corrected chi connectivity index (χ2v) is 5.75. The maximum Gasteiger partial charge on any atom is 0.265 e. The van der Waals surface area contributed by atoms with Gasteiger partial charge >= 0.3 is 0 Å². The van der Waals surface area contributed by atoms with Crippen molar-refractivity contribution in [3.63, 3.8) is 0 Å². The van der Waals surface area contributed by atoms with Crippen molar-refractivity contribution in [2.75, 3.05) is 4.72 Å². The normalized spacial score (nSPS) is 11.3. The molecule has 1 heterocycles. The van der Waals surface area contributed by atoms with Crippen LogP contribution >= 0.6 is 0 Å². The molecule has 6 nitrogen and oxygen atoms in total. The number of rotatable bonds is 4. The molecule has 0 fully saturated rings. The van der Waals surface area contributed by atoms with Crippen molar-refractivity contribution < 1.29 is 13.2 Å². The topological polar surface area (TPSA) is 91.9 Å². The van der Waals surface area contributed by atoms with Gasteiger partial charge in [-0.15, -0.1) is 0 Å². The quantitative estimate of drug-likeness (QED) is 0.833. The van der Waals surface area contributed by atoms with Gasteiger partial charge in [0.15, 0.2) is 5.78 Å². The van der Waals surface area contributed by atoms with Gasteiger partial charge in [-0.25, -0.2) is 8.42 Å². The molecule has 1 aromatic carbocycles. The molecular weight excluding hydrogens is 266 g/mol. The first kappa shape index (κ1) is 13.3. The Hall–Kier alpha value is -2.15. The number of ketones is 1. The number of hydrogen-bond acceptors (Lipinski definition) is 4. The van der Waals surface area contributed by atoms with Crippen LogP contribution < -0.4 is 4.72 Å². The number of anilines is 1. The third-order valence-electron chi connectivity index (χ3n) is 2.62. The third kappa shape index (κ3) is 2.82. The van der Waals surface area contributed by atoms with Gasteiger partial charge in [0.1, 0.15) is 4.90 Å². The van der Waals surface area contributed by atoms with Crippen LogP contribution in [0.15, 0.2) is 35.4 Å². The highest BCUT2D eigenvalue weighted by molar-refractivity contribution is 7.92. The Balaban J connectivity index is 2.26. The molecule has 2 aromatic rings. The van der Waals surface area contributed by atoms with E-state index in [0.717, 1.165) is 0 Å². The van der Waals surface area contributed by atoms with Crippen LogP contribution in [0.5, 0.6) is 0 Å². The van der Waals surface area contributed by atoms with Crippen molar-refractivity contribution >= 4 is 21.5 Å². The molecule has 2 N–H and O–H groups in total. The second kappa shape index (κ2) is 4.85. The number of hydrogen-bond donors (Lipinski definition) is 2. The molecule has 100 valence electrons. The molecule has 0 aliphatic heterocycles. The van der Waals surface area contributed by atoms with E-state index in [1.807, 2.05) is 0 Å². The van der Waals surface area contributed by atoms with Crippen molar-refractivity contribution in [1.82, 2.24) is 10.2 Å². The van der Waals surface area contributed by atoms with Crippen molar-refractivity contribution in [2.24, 2.45) is 0 Å². The number of sulfonamides is 1. The number of benzene rings is 1. The molecule has 0 saturated carbocycles. The molecule has 0 saturated heterocycles. The summed E-state index contributed by atoms with van der Waals surface area (Å²) >= 11 is 0. The molecule has 0 amide bonds. The Bertz CT molecular complexity index is 702. The summed E-state index contributed by atoms with van der Waals surface area (Å²) in [7, 11) is -3.66. The predicted molar refractivity (Wildman–Crippen MR) is 70.6 cm³/mol. The lowest BCUT2D eigenvalue weighted by atomic mass is 10.1. The van der Waals surface area contributed by atoms with E-state index >= 15 is 0 Å².